The Morgan fingerprint density at radius 3 is 2.60 bits per heavy atom. The fourth-order valence-corrected chi connectivity index (χ4v) is 3.90. The van der Waals surface area contributed by atoms with Crippen molar-refractivity contribution in [3.8, 4) is 0 Å². The van der Waals surface area contributed by atoms with Crippen LogP contribution in [0.15, 0.2) is 30.5 Å². The van der Waals surface area contributed by atoms with Gasteiger partial charge in [-0.1, -0.05) is 12.1 Å². The van der Waals surface area contributed by atoms with Gasteiger partial charge in [-0.3, -0.25) is 9.59 Å². The summed E-state index contributed by atoms with van der Waals surface area (Å²) in [5.74, 6) is 0.350. The molecule has 132 valence electrons. The van der Waals surface area contributed by atoms with E-state index in [4.69, 9.17) is 0 Å². The molecule has 0 atom stereocenters. The minimum atomic E-state index is -0.112. The number of carbonyl (C=O) groups excluding carboxylic acids is 2. The van der Waals surface area contributed by atoms with Crippen LogP contribution in [0.5, 0.6) is 0 Å². The van der Waals surface area contributed by atoms with E-state index < -0.39 is 0 Å². The molecule has 1 aliphatic heterocycles. The highest BCUT2D eigenvalue weighted by molar-refractivity contribution is 7.15. The first-order valence-corrected chi connectivity index (χ1v) is 9.24. The largest absolute Gasteiger partial charge is 0.326 e. The van der Waals surface area contributed by atoms with Crippen LogP contribution < -0.4 is 16.0 Å². The molecule has 25 heavy (non-hydrogen) atoms. The summed E-state index contributed by atoms with van der Waals surface area (Å²) in [6.07, 6.45) is 4.41. The van der Waals surface area contributed by atoms with Crippen LogP contribution >= 0.6 is 11.3 Å². The monoisotopic (exact) mass is 358 g/mol. The molecule has 1 fully saturated rings. The average Bonchev–Trinajstić information content (AvgIpc) is 3.05. The summed E-state index contributed by atoms with van der Waals surface area (Å²) >= 11 is 1.57. The fraction of sp³-hybridized carbons (Fsp3) is 0.389. The van der Waals surface area contributed by atoms with Gasteiger partial charge in [0.05, 0.1) is 6.42 Å². The van der Waals surface area contributed by atoms with Gasteiger partial charge >= 0.3 is 0 Å². The molecule has 0 aliphatic carbocycles. The van der Waals surface area contributed by atoms with Gasteiger partial charge in [-0.15, -0.1) is 11.3 Å². The lowest BCUT2D eigenvalue weighted by Crippen LogP contribution is -2.26. The Morgan fingerprint density at radius 1 is 1.20 bits per heavy atom. The molecule has 1 aromatic carbocycles. The molecule has 1 aliphatic rings. The smallest absolute Gasteiger partial charge is 0.230 e. The Hall–Kier alpha value is -2.25. The van der Waals surface area contributed by atoms with Gasteiger partial charge in [0.1, 0.15) is 0 Å². The second-order valence-corrected chi connectivity index (χ2v) is 7.26. The van der Waals surface area contributed by atoms with Crippen LogP contribution in [-0.2, 0) is 16.0 Å². The summed E-state index contributed by atoms with van der Waals surface area (Å²) in [6, 6.07) is 7.27. The minimum Gasteiger partial charge on any atom is -0.326 e. The lowest BCUT2D eigenvalue weighted by Gasteiger charge is -2.20. The summed E-state index contributed by atoms with van der Waals surface area (Å²) in [5.41, 5.74) is 1.62. The molecular formula is C18H22N4O2S. The lowest BCUT2D eigenvalue weighted by atomic mass is 9.97. The van der Waals surface area contributed by atoms with E-state index in [2.05, 4.69) is 20.9 Å². The quantitative estimate of drug-likeness (QED) is 0.767. The van der Waals surface area contributed by atoms with Crippen molar-refractivity contribution in [2.75, 3.05) is 23.7 Å². The molecule has 6 nitrogen and oxygen atoms in total. The van der Waals surface area contributed by atoms with Gasteiger partial charge in [-0.05, 0) is 49.5 Å². The molecule has 1 saturated heterocycles. The number of hydrogen-bond donors (Lipinski definition) is 3. The molecule has 0 radical (unpaired) electrons. The number of aromatic nitrogens is 1. The van der Waals surface area contributed by atoms with Crippen molar-refractivity contribution < 1.29 is 9.59 Å². The van der Waals surface area contributed by atoms with Gasteiger partial charge in [-0.2, -0.15) is 0 Å². The summed E-state index contributed by atoms with van der Waals surface area (Å²) in [6.45, 7) is 3.55. The summed E-state index contributed by atoms with van der Waals surface area (Å²) < 4.78 is 0. The number of rotatable bonds is 5. The van der Waals surface area contributed by atoms with Crippen LogP contribution in [0.1, 0.15) is 36.1 Å². The summed E-state index contributed by atoms with van der Waals surface area (Å²) in [5, 5.41) is 9.60. The van der Waals surface area contributed by atoms with E-state index in [-0.39, 0.29) is 18.2 Å². The first kappa shape index (κ1) is 17.6. The number of anilines is 2. The second-order valence-electron chi connectivity index (χ2n) is 6.20. The molecule has 2 heterocycles. The maximum atomic E-state index is 12.2. The predicted octanol–water partition coefficient (Wildman–Crippen LogP) is 2.75. The minimum absolute atomic E-state index is 0.0847. The third-order valence-electron chi connectivity index (χ3n) is 4.15. The average molecular weight is 358 g/mol. The Balaban J connectivity index is 1.53. The van der Waals surface area contributed by atoms with Crippen molar-refractivity contribution >= 4 is 34.0 Å². The van der Waals surface area contributed by atoms with Gasteiger partial charge in [0, 0.05) is 23.7 Å². The topological polar surface area (TPSA) is 83.1 Å². The normalized spacial score (nSPS) is 14.9. The Kier molecular flexibility index (Phi) is 5.78. The van der Waals surface area contributed by atoms with Gasteiger partial charge in [0.2, 0.25) is 11.8 Å². The van der Waals surface area contributed by atoms with Crippen molar-refractivity contribution in [1.29, 1.82) is 0 Å². The number of amides is 2. The molecule has 3 rings (SSSR count). The van der Waals surface area contributed by atoms with Crippen LogP contribution in [0.25, 0.3) is 0 Å². The molecule has 0 saturated carbocycles. The number of carbonyl (C=O) groups is 2. The van der Waals surface area contributed by atoms with Gasteiger partial charge in [0.15, 0.2) is 5.13 Å². The first-order valence-electron chi connectivity index (χ1n) is 8.43. The molecule has 3 N–H and O–H groups in total. The molecular weight excluding hydrogens is 336 g/mol. The zero-order valence-corrected chi connectivity index (χ0v) is 15.0. The van der Waals surface area contributed by atoms with E-state index in [1.54, 1.807) is 23.5 Å². The van der Waals surface area contributed by atoms with Crippen molar-refractivity contribution in [3.63, 3.8) is 0 Å². The Labute approximate surface area is 151 Å². The van der Waals surface area contributed by atoms with Crippen LogP contribution in [0.3, 0.4) is 0 Å². The highest BCUT2D eigenvalue weighted by Gasteiger charge is 2.18. The third kappa shape index (κ3) is 5.11. The number of benzene rings is 1. The molecule has 1 aromatic heterocycles. The first-order chi connectivity index (χ1) is 12.1. The van der Waals surface area contributed by atoms with E-state index in [1.807, 2.05) is 18.3 Å². The number of thiazole rings is 1. The number of piperidine rings is 1. The maximum absolute atomic E-state index is 12.2. The molecule has 7 heteroatoms. The zero-order chi connectivity index (χ0) is 17.6. The molecule has 0 bridgehead atoms. The predicted molar refractivity (Wildman–Crippen MR) is 100 cm³/mol. The molecule has 2 aromatic rings. The standard InChI is InChI=1S/C18H22N4O2S/c1-12(23)21-15-4-2-13(3-5-15)10-17(24)22-18-20-11-16(25-18)14-6-8-19-9-7-14/h2-5,11,14,19H,6-10H2,1H3,(H,21,23)(H,20,22,24). The van der Waals surface area contributed by atoms with E-state index in [1.165, 1.54) is 11.8 Å². The van der Waals surface area contributed by atoms with Gasteiger partial charge in [0.25, 0.3) is 0 Å². The highest BCUT2D eigenvalue weighted by Crippen LogP contribution is 2.31. The van der Waals surface area contributed by atoms with Crippen LogP contribution in [-0.4, -0.2) is 29.9 Å². The van der Waals surface area contributed by atoms with Gasteiger partial charge in [-0.25, -0.2) is 4.98 Å². The van der Waals surface area contributed by atoms with E-state index in [0.717, 1.165) is 37.2 Å². The summed E-state index contributed by atoms with van der Waals surface area (Å²) in [7, 11) is 0. The Morgan fingerprint density at radius 2 is 1.92 bits per heavy atom. The van der Waals surface area contributed by atoms with Gasteiger partial charge < -0.3 is 16.0 Å². The summed E-state index contributed by atoms with van der Waals surface area (Å²) in [4.78, 5) is 28.8. The highest BCUT2D eigenvalue weighted by atomic mass is 32.1. The van der Waals surface area contributed by atoms with Crippen molar-refractivity contribution in [3.05, 3.63) is 40.9 Å². The van der Waals surface area contributed by atoms with Crippen molar-refractivity contribution in [2.24, 2.45) is 0 Å². The number of hydrogen-bond acceptors (Lipinski definition) is 5. The Bertz CT molecular complexity index is 736. The third-order valence-corrected chi connectivity index (χ3v) is 5.23. The van der Waals surface area contributed by atoms with Crippen LogP contribution in [0.4, 0.5) is 10.8 Å². The number of nitrogens with zero attached hydrogens (tertiary/aromatic N) is 1. The van der Waals surface area contributed by atoms with E-state index in [9.17, 15) is 9.59 Å². The van der Waals surface area contributed by atoms with E-state index >= 15 is 0 Å². The number of nitrogens with one attached hydrogen (secondary N) is 3. The maximum Gasteiger partial charge on any atom is 0.230 e. The second kappa shape index (κ2) is 8.22. The molecule has 0 unspecified atom stereocenters. The van der Waals surface area contributed by atoms with Crippen LogP contribution in [0.2, 0.25) is 0 Å². The van der Waals surface area contributed by atoms with Crippen molar-refractivity contribution in [2.45, 2.75) is 32.1 Å². The van der Waals surface area contributed by atoms with Crippen molar-refractivity contribution in [1.82, 2.24) is 10.3 Å². The molecule has 0 spiro atoms. The van der Waals surface area contributed by atoms with E-state index in [0.29, 0.717) is 11.0 Å². The SMILES string of the molecule is CC(=O)Nc1ccc(CC(=O)Nc2ncc(C3CCNCC3)s2)cc1. The lowest BCUT2D eigenvalue weighted by molar-refractivity contribution is -0.116. The molecule has 2 amide bonds. The fourth-order valence-electron chi connectivity index (χ4n) is 2.90. The zero-order valence-electron chi connectivity index (χ0n) is 14.2. The van der Waals surface area contributed by atoms with Crippen LogP contribution in [0, 0.1) is 0 Å².